The Morgan fingerprint density at radius 2 is 2.32 bits per heavy atom. The molecule has 19 heavy (non-hydrogen) atoms. The van der Waals surface area contributed by atoms with Crippen molar-refractivity contribution in [2.24, 2.45) is 0 Å². The van der Waals surface area contributed by atoms with E-state index in [1.165, 1.54) is 24.4 Å². The van der Waals surface area contributed by atoms with Crippen LogP contribution < -0.4 is 0 Å². The van der Waals surface area contributed by atoms with Crippen molar-refractivity contribution in [3.8, 4) is 6.07 Å². The van der Waals surface area contributed by atoms with Gasteiger partial charge >= 0.3 is 5.97 Å². The van der Waals surface area contributed by atoms with Crippen LogP contribution in [0.15, 0.2) is 5.03 Å². The van der Waals surface area contributed by atoms with Gasteiger partial charge in [0.2, 0.25) is 0 Å². The second-order valence-corrected chi connectivity index (χ2v) is 5.34. The Hall–Kier alpha value is -1.54. The molecule has 0 aromatic carbocycles. The zero-order valence-electron chi connectivity index (χ0n) is 11.2. The van der Waals surface area contributed by atoms with Gasteiger partial charge in [0, 0.05) is 5.69 Å². The van der Waals surface area contributed by atoms with Gasteiger partial charge in [-0.1, -0.05) is 18.7 Å². The number of aromatic nitrogens is 1. The van der Waals surface area contributed by atoms with Gasteiger partial charge in [0.1, 0.15) is 11.1 Å². The number of thioether (sulfide) groups is 1. The van der Waals surface area contributed by atoms with Gasteiger partial charge in [-0.05, 0) is 36.8 Å². The van der Waals surface area contributed by atoms with E-state index in [4.69, 9.17) is 0 Å². The molecule has 1 aliphatic rings. The van der Waals surface area contributed by atoms with Crippen molar-refractivity contribution in [2.75, 3.05) is 12.9 Å². The highest BCUT2D eigenvalue weighted by molar-refractivity contribution is 7.99. The van der Waals surface area contributed by atoms with Crippen LogP contribution in [0.25, 0.3) is 0 Å². The first-order valence-corrected chi connectivity index (χ1v) is 7.34. The standard InChI is InChI=1S/C14H16N2O2S/c1-3-9-10-5-4-6-12(10)16-14(11(9)7-15)19-8-13(17)18-2/h3-6,8H2,1-2H3. The number of nitrogens with zero attached hydrogens (tertiary/aromatic N) is 2. The van der Waals surface area contributed by atoms with E-state index < -0.39 is 0 Å². The summed E-state index contributed by atoms with van der Waals surface area (Å²) in [5, 5.41) is 10.0. The Morgan fingerprint density at radius 1 is 1.53 bits per heavy atom. The number of aryl methyl sites for hydroxylation is 1. The number of carbonyl (C=O) groups is 1. The molecule has 2 rings (SSSR count). The van der Waals surface area contributed by atoms with E-state index in [0.717, 1.165) is 36.9 Å². The third kappa shape index (κ3) is 2.74. The lowest BCUT2D eigenvalue weighted by atomic mass is 10.0. The van der Waals surface area contributed by atoms with Crippen molar-refractivity contribution >= 4 is 17.7 Å². The number of fused-ring (bicyclic) bond motifs is 1. The molecule has 0 saturated carbocycles. The predicted molar refractivity (Wildman–Crippen MR) is 73.1 cm³/mol. The summed E-state index contributed by atoms with van der Waals surface area (Å²) in [7, 11) is 1.36. The minimum Gasteiger partial charge on any atom is -0.468 e. The minimum absolute atomic E-state index is 0.195. The number of esters is 1. The summed E-state index contributed by atoms with van der Waals surface area (Å²) < 4.78 is 4.62. The maximum absolute atomic E-state index is 11.2. The van der Waals surface area contributed by atoms with E-state index >= 15 is 0 Å². The normalized spacial score (nSPS) is 12.9. The second kappa shape index (κ2) is 6.07. The largest absolute Gasteiger partial charge is 0.468 e. The van der Waals surface area contributed by atoms with Gasteiger partial charge in [0.05, 0.1) is 18.4 Å². The predicted octanol–water partition coefficient (Wildman–Crippen LogP) is 2.27. The molecule has 0 aliphatic heterocycles. The molecule has 0 atom stereocenters. The van der Waals surface area contributed by atoms with Gasteiger partial charge in [-0.15, -0.1) is 0 Å². The molecule has 0 radical (unpaired) electrons. The molecule has 0 unspecified atom stereocenters. The number of methoxy groups -OCH3 is 1. The minimum atomic E-state index is -0.297. The molecule has 100 valence electrons. The fraction of sp³-hybridized carbons (Fsp3) is 0.500. The average molecular weight is 276 g/mol. The van der Waals surface area contributed by atoms with E-state index in [2.05, 4.69) is 22.7 Å². The van der Waals surface area contributed by atoms with Crippen LogP contribution in [0.2, 0.25) is 0 Å². The molecule has 0 bridgehead atoms. The highest BCUT2D eigenvalue weighted by Gasteiger charge is 2.22. The summed E-state index contributed by atoms with van der Waals surface area (Å²) >= 11 is 1.29. The maximum atomic E-state index is 11.2. The maximum Gasteiger partial charge on any atom is 0.316 e. The number of rotatable bonds is 4. The molecule has 0 spiro atoms. The quantitative estimate of drug-likeness (QED) is 0.623. The van der Waals surface area contributed by atoms with Crippen LogP contribution in [0, 0.1) is 11.3 Å². The summed E-state index contributed by atoms with van der Waals surface area (Å²) in [5.41, 5.74) is 4.10. The number of carbonyl (C=O) groups excluding carboxylic acids is 1. The van der Waals surface area contributed by atoms with Gasteiger partial charge in [0.25, 0.3) is 0 Å². The summed E-state index contributed by atoms with van der Waals surface area (Å²) in [5.74, 6) is -0.102. The Labute approximate surface area is 117 Å². The van der Waals surface area contributed by atoms with Gasteiger partial charge in [-0.3, -0.25) is 4.79 Å². The van der Waals surface area contributed by atoms with Crippen molar-refractivity contribution in [3.63, 3.8) is 0 Å². The molecule has 4 nitrogen and oxygen atoms in total. The number of nitriles is 1. The SMILES string of the molecule is CCc1c(C#N)c(SCC(=O)OC)nc2c1CCC2. The average Bonchev–Trinajstić information content (AvgIpc) is 2.90. The van der Waals surface area contributed by atoms with Crippen LogP contribution in [-0.4, -0.2) is 23.8 Å². The first-order chi connectivity index (χ1) is 9.21. The molecule has 1 heterocycles. The fourth-order valence-electron chi connectivity index (χ4n) is 2.43. The topological polar surface area (TPSA) is 63.0 Å². The van der Waals surface area contributed by atoms with Gasteiger partial charge in [0.15, 0.2) is 0 Å². The molecular formula is C14H16N2O2S. The Morgan fingerprint density at radius 3 is 2.95 bits per heavy atom. The molecule has 1 aromatic rings. The lowest BCUT2D eigenvalue weighted by molar-refractivity contribution is -0.137. The third-order valence-electron chi connectivity index (χ3n) is 3.32. The van der Waals surface area contributed by atoms with Crippen molar-refractivity contribution in [1.82, 2.24) is 4.98 Å². The number of hydrogen-bond donors (Lipinski definition) is 0. The molecule has 0 amide bonds. The first kappa shape index (κ1) is 13.9. The van der Waals surface area contributed by atoms with E-state index in [1.54, 1.807) is 0 Å². The zero-order chi connectivity index (χ0) is 13.8. The van der Waals surface area contributed by atoms with Crippen molar-refractivity contribution in [3.05, 3.63) is 22.4 Å². The molecule has 0 saturated heterocycles. The molecule has 1 aliphatic carbocycles. The van der Waals surface area contributed by atoms with E-state index in [1.807, 2.05) is 0 Å². The summed E-state index contributed by atoms with van der Waals surface area (Å²) in [6.07, 6.45) is 3.92. The Kier molecular flexibility index (Phi) is 4.43. The summed E-state index contributed by atoms with van der Waals surface area (Å²) in [4.78, 5) is 15.8. The molecule has 0 fully saturated rings. The van der Waals surface area contributed by atoms with Crippen LogP contribution in [0.3, 0.4) is 0 Å². The lowest BCUT2D eigenvalue weighted by Gasteiger charge is -2.12. The van der Waals surface area contributed by atoms with Crippen LogP contribution in [-0.2, 0) is 28.8 Å². The number of hydrogen-bond acceptors (Lipinski definition) is 5. The molecular weight excluding hydrogens is 260 g/mol. The van der Waals surface area contributed by atoms with E-state index in [-0.39, 0.29) is 11.7 Å². The Balaban J connectivity index is 2.38. The molecule has 0 N–H and O–H groups in total. The van der Waals surface area contributed by atoms with Gasteiger partial charge < -0.3 is 4.74 Å². The monoisotopic (exact) mass is 276 g/mol. The van der Waals surface area contributed by atoms with Crippen LogP contribution in [0.1, 0.15) is 35.7 Å². The first-order valence-electron chi connectivity index (χ1n) is 6.35. The van der Waals surface area contributed by atoms with Gasteiger partial charge in [-0.25, -0.2) is 4.98 Å². The fourth-order valence-corrected chi connectivity index (χ4v) is 3.29. The van der Waals surface area contributed by atoms with Crippen molar-refractivity contribution < 1.29 is 9.53 Å². The highest BCUT2D eigenvalue weighted by atomic mass is 32.2. The molecule has 1 aromatic heterocycles. The van der Waals surface area contributed by atoms with E-state index in [9.17, 15) is 10.1 Å². The third-order valence-corrected chi connectivity index (χ3v) is 4.27. The van der Waals surface area contributed by atoms with Crippen LogP contribution >= 0.6 is 11.8 Å². The highest BCUT2D eigenvalue weighted by Crippen LogP contribution is 2.32. The van der Waals surface area contributed by atoms with Crippen molar-refractivity contribution in [2.45, 2.75) is 37.6 Å². The van der Waals surface area contributed by atoms with E-state index in [0.29, 0.717) is 10.6 Å². The lowest BCUT2D eigenvalue weighted by Crippen LogP contribution is -2.07. The Bertz CT molecular complexity index is 549. The smallest absolute Gasteiger partial charge is 0.316 e. The van der Waals surface area contributed by atoms with Crippen LogP contribution in [0.5, 0.6) is 0 Å². The van der Waals surface area contributed by atoms with Gasteiger partial charge in [-0.2, -0.15) is 5.26 Å². The number of pyridine rings is 1. The number of ether oxygens (including phenoxy) is 1. The van der Waals surface area contributed by atoms with Crippen molar-refractivity contribution in [1.29, 1.82) is 5.26 Å². The molecule has 5 heteroatoms. The summed E-state index contributed by atoms with van der Waals surface area (Å²) in [6, 6.07) is 2.25. The second-order valence-electron chi connectivity index (χ2n) is 4.38. The zero-order valence-corrected chi connectivity index (χ0v) is 12.0. The summed E-state index contributed by atoms with van der Waals surface area (Å²) in [6.45, 7) is 2.06. The van der Waals surface area contributed by atoms with Crippen LogP contribution in [0.4, 0.5) is 0 Å².